The summed E-state index contributed by atoms with van der Waals surface area (Å²) in [4.78, 5) is 12.0. The summed E-state index contributed by atoms with van der Waals surface area (Å²) in [7, 11) is 0. The molecule has 1 heterocycles. The molecule has 0 atom stereocenters. The smallest absolute Gasteiger partial charge is 0.255 e. The van der Waals surface area contributed by atoms with Crippen LogP contribution in [0.2, 0.25) is 0 Å². The van der Waals surface area contributed by atoms with Crippen molar-refractivity contribution in [2.75, 3.05) is 0 Å². The number of rotatable bonds is 5. The van der Waals surface area contributed by atoms with Crippen LogP contribution < -0.4 is 11.1 Å². The summed E-state index contributed by atoms with van der Waals surface area (Å²) in [5.74, 6) is 0.608. The summed E-state index contributed by atoms with van der Waals surface area (Å²) in [5, 5.41) is 2.89. The van der Waals surface area contributed by atoms with Gasteiger partial charge in [-0.05, 0) is 17.2 Å². The molecule has 1 amide bonds. The molecule has 1 aromatic carbocycles. The Labute approximate surface area is 112 Å². The number of aryl methyl sites for hydroxylation is 1. The topological polar surface area (TPSA) is 68.3 Å². The van der Waals surface area contributed by atoms with E-state index in [9.17, 15) is 4.79 Å². The van der Waals surface area contributed by atoms with Gasteiger partial charge < -0.3 is 15.5 Å². The minimum Gasteiger partial charge on any atom is -0.469 e. The van der Waals surface area contributed by atoms with Gasteiger partial charge in [-0.3, -0.25) is 4.79 Å². The standard InChI is InChI=1S/C15H18N2O2/c1-2-14-13(6-7-19-14)15(18)17-10-12-5-3-4-11(8-12)9-16/h3-8H,2,9-10,16H2,1H3,(H,17,18). The molecule has 0 aliphatic rings. The van der Waals surface area contributed by atoms with Crippen LogP contribution in [0.25, 0.3) is 0 Å². The Hall–Kier alpha value is -2.07. The number of nitrogens with two attached hydrogens (primary N) is 1. The van der Waals surface area contributed by atoms with E-state index in [1.54, 1.807) is 12.3 Å². The Morgan fingerprint density at radius 2 is 2.11 bits per heavy atom. The zero-order chi connectivity index (χ0) is 13.7. The molecule has 0 aliphatic heterocycles. The second-order valence-electron chi connectivity index (χ2n) is 4.32. The summed E-state index contributed by atoms with van der Waals surface area (Å²) in [5.41, 5.74) is 8.30. The fourth-order valence-electron chi connectivity index (χ4n) is 1.96. The highest BCUT2D eigenvalue weighted by Gasteiger charge is 2.12. The lowest BCUT2D eigenvalue weighted by atomic mass is 10.1. The summed E-state index contributed by atoms with van der Waals surface area (Å²) < 4.78 is 5.25. The van der Waals surface area contributed by atoms with Crippen molar-refractivity contribution in [3.8, 4) is 0 Å². The summed E-state index contributed by atoms with van der Waals surface area (Å²) in [6.07, 6.45) is 2.25. The van der Waals surface area contributed by atoms with E-state index < -0.39 is 0 Å². The van der Waals surface area contributed by atoms with Crippen molar-refractivity contribution in [1.82, 2.24) is 5.32 Å². The van der Waals surface area contributed by atoms with Crippen molar-refractivity contribution < 1.29 is 9.21 Å². The fourth-order valence-corrected chi connectivity index (χ4v) is 1.96. The Morgan fingerprint density at radius 3 is 2.84 bits per heavy atom. The first-order valence-electron chi connectivity index (χ1n) is 6.37. The molecule has 100 valence electrons. The molecule has 2 rings (SSSR count). The van der Waals surface area contributed by atoms with Gasteiger partial charge in [0.25, 0.3) is 5.91 Å². The van der Waals surface area contributed by atoms with E-state index in [2.05, 4.69) is 5.32 Å². The van der Waals surface area contributed by atoms with Gasteiger partial charge in [0.2, 0.25) is 0 Å². The van der Waals surface area contributed by atoms with E-state index >= 15 is 0 Å². The van der Waals surface area contributed by atoms with Crippen LogP contribution in [0.3, 0.4) is 0 Å². The van der Waals surface area contributed by atoms with Crippen molar-refractivity contribution in [2.45, 2.75) is 26.4 Å². The van der Waals surface area contributed by atoms with Gasteiger partial charge in [0.15, 0.2) is 0 Å². The van der Waals surface area contributed by atoms with Crippen LogP contribution in [-0.4, -0.2) is 5.91 Å². The number of carbonyl (C=O) groups excluding carboxylic acids is 1. The largest absolute Gasteiger partial charge is 0.469 e. The molecule has 0 spiro atoms. The van der Waals surface area contributed by atoms with E-state index in [0.29, 0.717) is 30.8 Å². The van der Waals surface area contributed by atoms with Crippen molar-refractivity contribution in [3.05, 3.63) is 59.0 Å². The number of furan rings is 1. The molecule has 0 saturated heterocycles. The average molecular weight is 258 g/mol. The molecule has 0 bridgehead atoms. The zero-order valence-electron chi connectivity index (χ0n) is 11.0. The van der Waals surface area contributed by atoms with Crippen LogP contribution in [0.15, 0.2) is 41.0 Å². The van der Waals surface area contributed by atoms with Gasteiger partial charge in [-0.15, -0.1) is 0 Å². The number of benzene rings is 1. The summed E-state index contributed by atoms with van der Waals surface area (Å²) >= 11 is 0. The number of nitrogens with one attached hydrogen (secondary N) is 1. The lowest BCUT2D eigenvalue weighted by Crippen LogP contribution is -2.23. The van der Waals surface area contributed by atoms with E-state index in [-0.39, 0.29) is 5.91 Å². The zero-order valence-corrected chi connectivity index (χ0v) is 11.0. The number of amides is 1. The first-order chi connectivity index (χ1) is 9.24. The molecule has 4 nitrogen and oxygen atoms in total. The Morgan fingerprint density at radius 1 is 1.32 bits per heavy atom. The highest BCUT2D eigenvalue weighted by Crippen LogP contribution is 2.11. The van der Waals surface area contributed by atoms with Gasteiger partial charge in [0.1, 0.15) is 5.76 Å². The fraction of sp³-hybridized carbons (Fsp3) is 0.267. The normalized spacial score (nSPS) is 10.4. The third-order valence-electron chi connectivity index (χ3n) is 2.99. The van der Waals surface area contributed by atoms with Crippen LogP contribution in [0, 0.1) is 0 Å². The molecule has 2 aromatic rings. The lowest BCUT2D eigenvalue weighted by Gasteiger charge is -2.06. The Kier molecular flexibility index (Phi) is 4.36. The summed E-state index contributed by atoms with van der Waals surface area (Å²) in [6, 6.07) is 9.58. The molecular weight excluding hydrogens is 240 g/mol. The predicted molar refractivity (Wildman–Crippen MR) is 73.6 cm³/mol. The number of hydrogen-bond acceptors (Lipinski definition) is 3. The van der Waals surface area contributed by atoms with E-state index in [1.807, 2.05) is 31.2 Å². The van der Waals surface area contributed by atoms with E-state index in [0.717, 1.165) is 11.1 Å². The van der Waals surface area contributed by atoms with Crippen LogP contribution in [0.1, 0.15) is 34.2 Å². The molecule has 0 fully saturated rings. The van der Waals surface area contributed by atoms with Crippen molar-refractivity contribution in [3.63, 3.8) is 0 Å². The molecule has 4 heteroatoms. The van der Waals surface area contributed by atoms with Crippen molar-refractivity contribution >= 4 is 5.91 Å². The average Bonchev–Trinajstić information content (AvgIpc) is 2.93. The molecular formula is C15H18N2O2. The molecule has 19 heavy (non-hydrogen) atoms. The monoisotopic (exact) mass is 258 g/mol. The van der Waals surface area contributed by atoms with Crippen LogP contribution >= 0.6 is 0 Å². The van der Waals surface area contributed by atoms with Gasteiger partial charge in [-0.2, -0.15) is 0 Å². The third kappa shape index (κ3) is 3.23. The van der Waals surface area contributed by atoms with E-state index in [4.69, 9.17) is 10.2 Å². The number of hydrogen-bond donors (Lipinski definition) is 2. The quantitative estimate of drug-likeness (QED) is 0.864. The maximum Gasteiger partial charge on any atom is 0.255 e. The Balaban J connectivity index is 2.00. The molecule has 0 radical (unpaired) electrons. The lowest BCUT2D eigenvalue weighted by molar-refractivity contribution is 0.0949. The highest BCUT2D eigenvalue weighted by atomic mass is 16.3. The van der Waals surface area contributed by atoms with Gasteiger partial charge in [-0.25, -0.2) is 0 Å². The van der Waals surface area contributed by atoms with Gasteiger partial charge >= 0.3 is 0 Å². The number of carbonyl (C=O) groups is 1. The molecule has 3 N–H and O–H groups in total. The Bertz CT molecular complexity index is 561. The third-order valence-corrected chi connectivity index (χ3v) is 2.99. The molecule has 1 aromatic heterocycles. The summed E-state index contributed by atoms with van der Waals surface area (Å²) in [6.45, 7) is 2.95. The van der Waals surface area contributed by atoms with Crippen molar-refractivity contribution in [2.24, 2.45) is 5.73 Å². The second kappa shape index (κ2) is 6.20. The second-order valence-corrected chi connectivity index (χ2v) is 4.32. The molecule has 0 unspecified atom stereocenters. The maximum absolute atomic E-state index is 12.0. The van der Waals surface area contributed by atoms with Gasteiger partial charge in [-0.1, -0.05) is 31.2 Å². The van der Waals surface area contributed by atoms with Crippen LogP contribution in [0.5, 0.6) is 0 Å². The highest BCUT2D eigenvalue weighted by molar-refractivity contribution is 5.95. The molecule has 0 aliphatic carbocycles. The minimum absolute atomic E-state index is 0.108. The molecule has 0 saturated carbocycles. The van der Waals surface area contributed by atoms with Crippen LogP contribution in [-0.2, 0) is 19.5 Å². The van der Waals surface area contributed by atoms with Crippen LogP contribution in [0.4, 0.5) is 0 Å². The van der Waals surface area contributed by atoms with Gasteiger partial charge in [0, 0.05) is 19.5 Å². The predicted octanol–water partition coefficient (Wildman–Crippen LogP) is 2.23. The van der Waals surface area contributed by atoms with E-state index in [1.165, 1.54) is 0 Å². The van der Waals surface area contributed by atoms with Crippen molar-refractivity contribution in [1.29, 1.82) is 0 Å². The van der Waals surface area contributed by atoms with Gasteiger partial charge in [0.05, 0.1) is 11.8 Å². The minimum atomic E-state index is -0.108. The SMILES string of the molecule is CCc1occc1C(=O)NCc1cccc(CN)c1. The maximum atomic E-state index is 12.0. The first kappa shape index (κ1) is 13.4. The first-order valence-corrected chi connectivity index (χ1v) is 6.37.